The van der Waals surface area contributed by atoms with Crippen LogP contribution in [0.3, 0.4) is 0 Å². The molecule has 7 heteroatoms. The van der Waals surface area contributed by atoms with E-state index in [0.717, 1.165) is 6.42 Å². The van der Waals surface area contributed by atoms with Gasteiger partial charge in [-0.05, 0) is 25.5 Å². The van der Waals surface area contributed by atoms with Crippen molar-refractivity contribution in [2.24, 2.45) is 5.73 Å². The van der Waals surface area contributed by atoms with E-state index >= 15 is 0 Å². The van der Waals surface area contributed by atoms with Crippen molar-refractivity contribution in [2.45, 2.75) is 36.7 Å². The monoisotopic (exact) mass is 310 g/mol. The van der Waals surface area contributed by atoms with Crippen molar-refractivity contribution in [1.82, 2.24) is 9.97 Å². The second-order valence-electron chi connectivity index (χ2n) is 4.53. The number of aromatic nitrogens is 2. The van der Waals surface area contributed by atoms with Gasteiger partial charge in [0.15, 0.2) is 5.16 Å². The molecule has 2 aromatic rings. The first-order valence-corrected chi connectivity index (χ1v) is 8.04. The Morgan fingerprint density at radius 3 is 2.80 bits per heavy atom. The van der Waals surface area contributed by atoms with Gasteiger partial charge < -0.3 is 16.5 Å². The maximum atomic E-state index is 11.5. The van der Waals surface area contributed by atoms with Gasteiger partial charge in [0, 0.05) is 21.9 Å². The number of nitrogens with one attached hydrogen (secondary N) is 1. The van der Waals surface area contributed by atoms with E-state index in [4.69, 9.17) is 11.5 Å². The molecular weight excluding hydrogens is 292 g/mol. The maximum Gasteiger partial charge on any atom is 0.253 e. The Morgan fingerprint density at radius 2 is 2.25 bits per heavy atom. The van der Waals surface area contributed by atoms with Gasteiger partial charge in [0.05, 0.1) is 5.25 Å². The molecule has 0 bridgehead atoms. The van der Waals surface area contributed by atoms with Crippen LogP contribution in [0.1, 0.15) is 28.3 Å². The first kappa shape index (κ1) is 15.1. The first-order chi connectivity index (χ1) is 9.49. The highest BCUT2D eigenvalue weighted by Gasteiger charge is 2.22. The highest BCUT2D eigenvalue weighted by atomic mass is 32.2. The molecule has 20 heavy (non-hydrogen) atoms. The molecule has 108 valence electrons. The van der Waals surface area contributed by atoms with Gasteiger partial charge in [-0.1, -0.05) is 18.7 Å². The number of hydrogen-bond donors (Lipinski definition) is 3. The zero-order chi connectivity index (χ0) is 14.7. The Morgan fingerprint density at radius 1 is 1.50 bits per heavy atom. The molecule has 2 atom stereocenters. The quantitative estimate of drug-likeness (QED) is 0.581. The topological polar surface area (TPSA) is 97.8 Å². The Hall–Kier alpha value is -1.31. The van der Waals surface area contributed by atoms with Crippen LogP contribution in [0.15, 0.2) is 28.2 Å². The number of aryl methyl sites for hydroxylation is 1. The van der Waals surface area contributed by atoms with Crippen molar-refractivity contribution in [3.8, 4) is 0 Å². The van der Waals surface area contributed by atoms with Gasteiger partial charge >= 0.3 is 0 Å². The zero-order valence-electron chi connectivity index (χ0n) is 11.4. The molecular formula is C13H18N4OS2. The smallest absolute Gasteiger partial charge is 0.253 e. The highest BCUT2D eigenvalue weighted by Crippen LogP contribution is 2.39. The van der Waals surface area contributed by atoms with E-state index in [-0.39, 0.29) is 22.7 Å². The van der Waals surface area contributed by atoms with Crippen LogP contribution in [0.5, 0.6) is 0 Å². The van der Waals surface area contributed by atoms with E-state index in [1.165, 1.54) is 27.6 Å². The van der Waals surface area contributed by atoms with Crippen LogP contribution in [-0.2, 0) is 0 Å². The molecule has 0 aliphatic heterocycles. The number of aromatic amines is 1. The fourth-order valence-corrected chi connectivity index (χ4v) is 4.15. The summed E-state index contributed by atoms with van der Waals surface area (Å²) in [5.41, 5.74) is 11.6. The molecule has 0 spiro atoms. The molecule has 0 aliphatic carbocycles. The van der Waals surface area contributed by atoms with Gasteiger partial charge in [0.2, 0.25) is 0 Å². The van der Waals surface area contributed by atoms with Crippen LogP contribution in [0.25, 0.3) is 0 Å². The molecule has 0 amide bonds. The third kappa shape index (κ3) is 3.62. The third-order valence-corrected chi connectivity index (χ3v) is 5.39. The van der Waals surface area contributed by atoms with Gasteiger partial charge in [0.1, 0.15) is 5.82 Å². The van der Waals surface area contributed by atoms with E-state index < -0.39 is 0 Å². The van der Waals surface area contributed by atoms with Crippen molar-refractivity contribution in [2.75, 3.05) is 5.73 Å². The lowest BCUT2D eigenvalue weighted by Gasteiger charge is -2.20. The second kappa shape index (κ2) is 6.43. The van der Waals surface area contributed by atoms with Crippen molar-refractivity contribution < 1.29 is 0 Å². The van der Waals surface area contributed by atoms with Crippen LogP contribution in [-0.4, -0.2) is 16.0 Å². The fourth-order valence-electron chi connectivity index (χ4n) is 1.81. The van der Waals surface area contributed by atoms with E-state index in [1.54, 1.807) is 11.3 Å². The normalized spacial score (nSPS) is 14.2. The molecule has 2 unspecified atom stereocenters. The minimum Gasteiger partial charge on any atom is -0.383 e. The SMILES string of the molecule is CCC(N)C(Sc1nc(N)cc(=O)[nH]1)c1ccc(C)s1. The van der Waals surface area contributed by atoms with Crippen molar-refractivity contribution in [1.29, 1.82) is 0 Å². The van der Waals surface area contributed by atoms with Crippen molar-refractivity contribution in [3.63, 3.8) is 0 Å². The molecule has 0 aromatic carbocycles. The summed E-state index contributed by atoms with van der Waals surface area (Å²) in [4.78, 5) is 20.7. The number of hydrogen-bond acceptors (Lipinski definition) is 6. The number of nitrogens with zero attached hydrogens (tertiary/aromatic N) is 1. The fraction of sp³-hybridized carbons (Fsp3) is 0.385. The summed E-state index contributed by atoms with van der Waals surface area (Å²) >= 11 is 3.17. The molecule has 0 saturated carbocycles. The molecule has 0 saturated heterocycles. The lowest BCUT2D eigenvalue weighted by atomic mass is 10.1. The first-order valence-electron chi connectivity index (χ1n) is 6.35. The van der Waals surface area contributed by atoms with Gasteiger partial charge in [0.25, 0.3) is 5.56 Å². The van der Waals surface area contributed by atoms with E-state index in [0.29, 0.717) is 5.16 Å². The maximum absolute atomic E-state index is 11.5. The van der Waals surface area contributed by atoms with Crippen LogP contribution < -0.4 is 17.0 Å². The summed E-state index contributed by atoms with van der Waals surface area (Å²) in [6.07, 6.45) is 0.848. The molecule has 0 fully saturated rings. The largest absolute Gasteiger partial charge is 0.383 e. The van der Waals surface area contributed by atoms with Crippen molar-refractivity contribution >= 4 is 28.9 Å². The second-order valence-corrected chi connectivity index (χ2v) is 6.98. The van der Waals surface area contributed by atoms with Crippen LogP contribution in [0.4, 0.5) is 5.82 Å². The predicted molar refractivity (Wildman–Crippen MR) is 85.2 cm³/mol. The molecule has 2 heterocycles. The van der Waals surface area contributed by atoms with E-state index in [1.807, 2.05) is 6.92 Å². The van der Waals surface area contributed by atoms with Crippen molar-refractivity contribution in [3.05, 3.63) is 38.3 Å². The lowest BCUT2D eigenvalue weighted by Crippen LogP contribution is -2.25. The van der Waals surface area contributed by atoms with Gasteiger partial charge in [-0.15, -0.1) is 11.3 Å². The molecule has 5 N–H and O–H groups in total. The molecule has 2 aromatic heterocycles. The van der Waals surface area contributed by atoms with E-state index in [2.05, 4.69) is 29.0 Å². The third-order valence-electron chi connectivity index (χ3n) is 2.88. The Balaban J connectivity index is 2.30. The number of H-pyrrole nitrogens is 1. The van der Waals surface area contributed by atoms with Gasteiger partial charge in [-0.2, -0.15) is 0 Å². The average Bonchev–Trinajstić information content (AvgIpc) is 2.80. The average molecular weight is 310 g/mol. The highest BCUT2D eigenvalue weighted by molar-refractivity contribution is 7.99. The standard InChI is InChI=1S/C13H18N4OS2/c1-3-8(14)12(9-5-4-7(2)19-9)20-13-16-10(15)6-11(18)17-13/h4-6,8,12H,3,14H2,1-2H3,(H3,15,16,17,18). The minimum absolute atomic E-state index is 0.00946. The van der Waals surface area contributed by atoms with Crippen LogP contribution >= 0.6 is 23.1 Å². The molecule has 5 nitrogen and oxygen atoms in total. The Bertz CT molecular complexity index is 637. The number of nitrogen functional groups attached to an aromatic ring is 1. The number of thiophene rings is 1. The predicted octanol–water partition coefficient (Wildman–Crippen LogP) is 2.29. The summed E-state index contributed by atoms with van der Waals surface area (Å²) in [5.74, 6) is 0.224. The summed E-state index contributed by atoms with van der Waals surface area (Å²) in [6, 6.07) is 5.42. The summed E-state index contributed by atoms with van der Waals surface area (Å²) in [7, 11) is 0. The Labute approximate surface area is 125 Å². The zero-order valence-corrected chi connectivity index (χ0v) is 13.1. The Kier molecular flexibility index (Phi) is 4.85. The van der Waals surface area contributed by atoms with Crippen LogP contribution in [0, 0.1) is 6.92 Å². The van der Waals surface area contributed by atoms with E-state index in [9.17, 15) is 4.79 Å². The lowest BCUT2D eigenvalue weighted by molar-refractivity contribution is 0.638. The molecule has 0 radical (unpaired) electrons. The number of thioether (sulfide) groups is 1. The number of rotatable bonds is 5. The number of nitrogens with two attached hydrogens (primary N) is 2. The van der Waals surface area contributed by atoms with Crippen LogP contribution in [0.2, 0.25) is 0 Å². The number of anilines is 1. The van der Waals surface area contributed by atoms with Gasteiger partial charge in [-0.25, -0.2) is 4.98 Å². The summed E-state index contributed by atoms with van der Waals surface area (Å²) in [6.45, 7) is 4.11. The molecule has 0 aliphatic rings. The minimum atomic E-state index is -0.244. The summed E-state index contributed by atoms with van der Waals surface area (Å²) in [5, 5.41) is 0.568. The van der Waals surface area contributed by atoms with Gasteiger partial charge in [-0.3, -0.25) is 4.79 Å². The molecule has 2 rings (SSSR count). The summed E-state index contributed by atoms with van der Waals surface area (Å²) < 4.78 is 0.